The summed E-state index contributed by atoms with van der Waals surface area (Å²) in [5.41, 5.74) is 0.205. The standard InChI is InChI=1S/C18H18F3N3O3/c1-2-23-11-22-15-9-24(7-6-14(15)17(23)26)16(25)10-27-13-5-3-4-12(8-13)18(19,20)21/h3-5,8,11H,2,6-7,9-10H2,1H3. The number of nitrogens with zero attached hydrogens (tertiary/aromatic N) is 3. The number of aromatic nitrogens is 2. The van der Waals surface area contributed by atoms with Crippen molar-refractivity contribution in [3.63, 3.8) is 0 Å². The summed E-state index contributed by atoms with van der Waals surface area (Å²) < 4.78 is 44.9. The number of rotatable bonds is 4. The summed E-state index contributed by atoms with van der Waals surface area (Å²) >= 11 is 0. The van der Waals surface area contributed by atoms with Gasteiger partial charge in [0, 0.05) is 18.7 Å². The van der Waals surface area contributed by atoms with E-state index in [0.29, 0.717) is 30.8 Å². The SMILES string of the molecule is CCn1cnc2c(c1=O)CCN(C(=O)COc1cccc(C(F)(F)F)c1)C2. The zero-order valence-corrected chi connectivity index (χ0v) is 14.6. The third kappa shape index (κ3) is 4.12. The fraction of sp³-hybridized carbons (Fsp3) is 0.389. The first-order valence-electron chi connectivity index (χ1n) is 8.44. The number of hydrogen-bond acceptors (Lipinski definition) is 4. The zero-order valence-electron chi connectivity index (χ0n) is 14.6. The predicted molar refractivity (Wildman–Crippen MR) is 90.2 cm³/mol. The van der Waals surface area contributed by atoms with E-state index in [1.807, 2.05) is 6.92 Å². The number of fused-ring (bicyclic) bond motifs is 1. The molecule has 0 atom stereocenters. The monoisotopic (exact) mass is 381 g/mol. The van der Waals surface area contributed by atoms with Crippen LogP contribution in [0, 0.1) is 0 Å². The molecule has 9 heteroatoms. The molecule has 3 rings (SSSR count). The van der Waals surface area contributed by atoms with E-state index < -0.39 is 11.7 Å². The Hall–Kier alpha value is -2.84. The molecule has 0 saturated heterocycles. The number of carbonyl (C=O) groups is 1. The van der Waals surface area contributed by atoms with Crippen LogP contribution in [0.5, 0.6) is 5.75 Å². The van der Waals surface area contributed by atoms with Crippen molar-refractivity contribution in [2.24, 2.45) is 0 Å². The van der Waals surface area contributed by atoms with Crippen LogP contribution >= 0.6 is 0 Å². The highest BCUT2D eigenvalue weighted by atomic mass is 19.4. The number of ether oxygens (including phenoxy) is 1. The summed E-state index contributed by atoms with van der Waals surface area (Å²) in [5.74, 6) is -0.404. The highest BCUT2D eigenvalue weighted by Gasteiger charge is 2.31. The topological polar surface area (TPSA) is 64.4 Å². The molecule has 0 saturated carbocycles. The number of alkyl halides is 3. The minimum atomic E-state index is -4.48. The van der Waals surface area contributed by atoms with Crippen LogP contribution in [0.2, 0.25) is 0 Å². The Morgan fingerprint density at radius 3 is 2.81 bits per heavy atom. The second kappa shape index (κ2) is 7.42. The molecular formula is C18H18F3N3O3. The quantitative estimate of drug-likeness (QED) is 0.815. The van der Waals surface area contributed by atoms with E-state index in [2.05, 4.69) is 4.98 Å². The number of halogens is 3. The van der Waals surface area contributed by atoms with Crippen LogP contribution in [0.1, 0.15) is 23.7 Å². The first-order chi connectivity index (χ1) is 12.8. The summed E-state index contributed by atoms with van der Waals surface area (Å²) in [7, 11) is 0. The Kier molecular flexibility index (Phi) is 5.20. The molecule has 0 bridgehead atoms. The number of amides is 1. The van der Waals surface area contributed by atoms with Gasteiger partial charge in [0.15, 0.2) is 6.61 Å². The smallest absolute Gasteiger partial charge is 0.416 e. The second-order valence-electron chi connectivity index (χ2n) is 6.14. The number of benzene rings is 1. The number of hydrogen-bond donors (Lipinski definition) is 0. The molecule has 1 aliphatic heterocycles. The average Bonchev–Trinajstić information content (AvgIpc) is 2.65. The Balaban J connectivity index is 1.65. The molecule has 0 fully saturated rings. The van der Waals surface area contributed by atoms with Gasteiger partial charge < -0.3 is 9.64 Å². The van der Waals surface area contributed by atoms with Gasteiger partial charge in [0.1, 0.15) is 5.75 Å². The maximum Gasteiger partial charge on any atom is 0.416 e. The molecule has 0 unspecified atom stereocenters. The molecule has 0 spiro atoms. The molecule has 27 heavy (non-hydrogen) atoms. The highest BCUT2D eigenvalue weighted by Crippen LogP contribution is 2.31. The maximum absolute atomic E-state index is 12.7. The molecule has 1 aromatic carbocycles. The minimum absolute atomic E-state index is 0.0282. The van der Waals surface area contributed by atoms with Crippen molar-refractivity contribution in [1.82, 2.24) is 14.5 Å². The molecule has 2 heterocycles. The Labute approximate surface area is 153 Å². The van der Waals surface area contributed by atoms with Gasteiger partial charge in [-0.2, -0.15) is 13.2 Å². The lowest BCUT2D eigenvalue weighted by molar-refractivity contribution is -0.137. The van der Waals surface area contributed by atoms with E-state index in [4.69, 9.17) is 4.74 Å². The lowest BCUT2D eigenvalue weighted by Crippen LogP contribution is -2.42. The summed E-state index contributed by atoms with van der Waals surface area (Å²) in [4.78, 5) is 30.3. The zero-order chi connectivity index (χ0) is 19.6. The number of aryl methyl sites for hydroxylation is 1. The van der Waals surface area contributed by atoms with Gasteiger partial charge in [0.25, 0.3) is 11.5 Å². The van der Waals surface area contributed by atoms with Crippen LogP contribution in [0.3, 0.4) is 0 Å². The van der Waals surface area contributed by atoms with Crippen molar-refractivity contribution in [2.45, 2.75) is 32.6 Å². The van der Waals surface area contributed by atoms with Crippen molar-refractivity contribution in [1.29, 1.82) is 0 Å². The van der Waals surface area contributed by atoms with E-state index in [9.17, 15) is 22.8 Å². The summed E-state index contributed by atoms with van der Waals surface area (Å²) in [6.07, 6.45) is -2.64. The van der Waals surface area contributed by atoms with Gasteiger partial charge in [-0.3, -0.25) is 14.2 Å². The molecule has 144 valence electrons. The normalized spacial score (nSPS) is 14.0. The molecule has 6 nitrogen and oxygen atoms in total. The van der Waals surface area contributed by atoms with Crippen LogP contribution in [0.4, 0.5) is 13.2 Å². The Morgan fingerprint density at radius 1 is 1.33 bits per heavy atom. The molecule has 0 N–H and O–H groups in total. The van der Waals surface area contributed by atoms with Crippen molar-refractivity contribution in [3.05, 3.63) is 57.8 Å². The fourth-order valence-corrected chi connectivity index (χ4v) is 2.90. The average molecular weight is 381 g/mol. The third-order valence-corrected chi connectivity index (χ3v) is 4.41. The summed E-state index contributed by atoms with van der Waals surface area (Å²) in [6, 6.07) is 4.38. The van der Waals surface area contributed by atoms with E-state index in [-0.39, 0.29) is 30.4 Å². The van der Waals surface area contributed by atoms with Crippen molar-refractivity contribution >= 4 is 5.91 Å². The summed E-state index contributed by atoms with van der Waals surface area (Å²) in [5, 5.41) is 0. The molecule has 1 aromatic heterocycles. The van der Waals surface area contributed by atoms with Crippen LogP contribution in [-0.2, 0) is 30.5 Å². The van der Waals surface area contributed by atoms with Gasteiger partial charge in [0.2, 0.25) is 0 Å². The van der Waals surface area contributed by atoms with Crippen LogP contribution < -0.4 is 10.3 Å². The first-order valence-corrected chi connectivity index (χ1v) is 8.44. The van der Waals surface area contributed by atoms with E-state index in [1.54, 1.807) is 0 Å². The number of carbonyl (C=O) groups excluding carboxylic acids is 1. The highest BCUT2D eigenvalue weighted by molar-refractivity contribution is 5.78. The predicted octanol–water partition coefficient (Wildman–Crippen LogP) is 2.25. The largest absolute Gasteiger partial charge is 0.484 e. The molecular weight excluding hydrogens is 363 g/mol. The molecule has 1 amide bonds. The summed E-state index contributed by atoms with van der Waals surface area (Å²) in [6.45, 7) is 2.50. The molecule has 0 radical (unpaired) electrons. The third-order valence-electron chi connectivity index (χ3n) is 4.41. The fourth-order valence-electron chi connectivity index (χ4n) is 2.90. The van der Waals surface area contributed by atoms with E-state index in [1.165, 1.54) is 27.9 Å². The maximum atomic E-state index is 12.7. The van der Waals surface area contributed by atoms with Crippen molar-refractivity contribution in [2.75, 3.05) is 13.2 Å². The van der Waals surface area contributed by atoms with Crippen molar-refractivity contribution < 1.29 is 22.7 Å². The molecule has 0 aliphatic carbocycles. The second-order valence-corrected chi connectivity index (χ2v) is 6.14. The van der Waals surface area contributed by atoms with Gasteiger partial charge in [-0.25, -0.2) is 4.98 Å². The molecule has 2 aromatic rings. The van der Waals surface area contributed by atoms with E-state index >= 15 is 0 Å². The van der Waals surface area contributed by atoms with Crippen LogP contribution in [-0.4, -0.2) is 33.5 Å². The van der Waals surface area contributed by atoms with Gasteiger partial charge in [-0.15, -0.1) is 0 Å². The van der Waals surface area contributed by atoms with Gasteiger partial charge in [-0.05, 0) is 31.5 Å². The van der Waals surface area contributed by atoms with Gasteiger partial charge in [0.05, 0.1) is 24.1 Å². The lowest BCUT2D eigenvalue weighted by Gasteiger charge is -2.28. The minimum Gasteiger partial charge on any atom is -0.484 e. The molecule has 1 aliphatic rings. The van der Waals surface area contributed by atoms with Gasteiger partial charge in [-0.1, -0.05) is 6.07 Å². The first kappa shape index (κ1) is 18.9. The van der Waals surface area contributed by atoms with Crippen molar-refractivity contribution in [3.8, 4) is 5.75 Å². The Bertz CT molecular complexity index is 909. The lowest BCUT2D eigenvalue weighted by atomic mass is 10.1. The Morgan fingerprint density at radius 2 is 2.11 bits per heavy atom. The van der Waals surface area contributed by atoms with Crippen LogP contribution in [0.25, 0.3) is 0 Å². The van der Waals surface area contributed by atoms with E-state index in [0.717, 1.165) is 12.1 Å². The van der Waals surface area contributed by atoms with Crippen LogP contribution in [0.15, 0.2) is 35.4 Å². The van der Waals surface area contributed by atoms with Gasteiger partial charge >= 0.3 is 6.18 Å².